The number of β-amino-alcohol motifs (C(OH)–C–C–N with tert-alkyl or cyclic N) is 2. The molecule has 1 aliphatic rings. The summed E-state index contributed by atoms with van der Waals surface area (Å²) in [6, 6.07) is 9.40. The Morgan fingerprint density at radius 3 is 2.55 bits per heavy atom. The average Bonchev–Trinajstić information content (AvgIpc) is 2.74. The molecule has 1 amide bonds. The topological polar surface area (TPSA) is 82.0 Å². The molecule has 2 atom stereocenters. The van der Waals surface area contributed by atoms with E-state index < -0.39 is 12.2 Å². The molecule has 1 saturated heterocycles. The summed E-state index contributed by atoms with van der Waals surface area (Å²) in [4.78, 5) is 13.4. The smallest absolute Gasteiger partial charge is 0.234 e. The molecule has 1 fully saturated rings. The van der Waals surface area contributed by atoms with Crippen LogP contribution in [0.15, 0.2) is 30.3 Å². The molecule has 110 valence electrons. The van der Waals surface area contributed by atoms with Crippen molar-refractivity contribution in [3.63, 3.8) is 0 Å². The van der Waals surface area contributed by atoms with Crippen molar-refractivity contribution in [2.45, 2.75) is 12.2 Å². The van der Waals surface area contributed by atoms with Crippen LogP contribution in [0.1, 0.15) is 0 Å². The Morgan fingerprint density at radius 2 is 1.90 bits per heavy atom. The predicted molar refractivity (Wildman–Crippen MR) is 73.4 cm³/mol. The molecular formula is C14H20N2O4. The van der Waals surface area contributed by atoms with Crippen molar-refractivity contribution in [3.8, 4) is 5.75 Å². The highest BCUT2D eigenvalue weighted by atomic mass is 16.5. The van der Waals surface area contributed by atoms with Crippen LogP contribution < -0.4 is 10.1 Å². The molecule has 20 heavy (non-hydrogen) atoms. The quantitative estimate of drug-likeness (QED) is 0.596. The number of likely N-dealkylation sites (tertiary alicyclic amines) is 1. The van der Waals surface area contributed by atoms with Crippen LogP contribution in [0.2, 0.25) is 0 Å². The number of nitrogens with one attached hydrogen (secondary N) is 1. The monoisotopic (exact) mass is 280 g/mol. The summed E-state index contributed by atoms with van der Waals surface area (Å²) >= 11 is 0. The zero-order valence-electron chi connectivity index (χ0n) is 11.2. The summed E-state index contributed by atoms with van der Waals surface area (Å²) in [7, 11) is 0. The summed E-state index contributed by atoms with van der Waals surface area (Å²) in [6.45, 7) is 1.66. The van der Waals surface area contributed by atoms with Gasteiger partial charge >= 0.3 is 0 Å². The van der Waals surface area contributed by atoms with Crippen LogP contribution in [0.5, 0.6) is 5.75 Å². The van der Waals surface area contributed by atoms with E-state index in [1.807, 2.05) is 30.3 Å². The number of nitrogens with zero attached hydrogens (tertiary/aromatic N) is 1. The van der Waals surface area contributed by atoms with E-state index >= 15 is 0 Å². The van der Waals surface area contributed by atoms with Gasteiger partial charge in [-0.2, -0.15) is 0 Å². The maximum atomic E-state index is 11.7. The summed E-state index contributed by atoms with van der Waals surface area (Å²) < 4.78 is 5.45. The summed E-state index contributed by atoms with van der Waals surface area (Å²) in [5, 5.41) is 21.5. The normalized spacial score (nSPS) is 22.7. The lowest BCUT2D eigenvalue weighted by Crippen LogP contribution is -2.38. The van der Waals surface area contributed by atoms with Crippen molar-refractivity contribution in [2.24, 2.45) is 0 Å². The first-order valence-electron chi connectivity index (χ1n) is 6.68. The maximum Gasteiger partial charge on any atom is 0.234 e. The van der Waals surface area contributed by atoms with Crippen molar-refractivity contribution in [1.82, 2.24) is 10.2 Å². The van der Waals surface area contributed by atoms with E-state index in [1.54, 1.807) is 4.90 Å². The number of carbonyl (C=O) groups is 1. The van der Waals surface area contributed by atoms with E-state index in [2.05, 4.69) is 5.32 Å². The Balaban J connectivity index is 1.59. The highest BCUT2D eigenvalue weighted by Gasteiger charge is 2.30. The number of amides is 1. The molecule has 1 heterocycles. The number of para-hydroxylation sites is 1. The first-order valence-corrected chi connectivity index (χ1v) is 6.68. The van der Waals surface area contributed by atoms with Gasteiger partial charge in [-0.25, -0.2) is 0 Å². The third-order valence-corrected chi connectivity index (χ3v) is 3.14. The lowest BCUT2D eigenvalue weighted by Gasteiger charge is -2.14. The van der Waals surface area contributed by atoms with Crippen molar-refractivity contribution in [3.05, 3.63) is 30.3 Å². The minimum Gasteiger partial charge on any atom is -0.492 e. The second-order valence-electron chi connectivity index (χ2n) is 4.84. The van der Waals surface area contributed by atoms with Crippen LogP contribution in [-0.4, -0.2) is 66.0 Å². The van der Waals surface area contributed by atoms with Gasteiger partial charge in [0.15, 0.2) is 0 Å². The molecule has 0 radical (unpaired) electrons. The number of aliphatic hydroxyl groups excluding tert-OH is 2. The second kappa shape index (κ2) is 7.23. The van der Waals surface area contributed by atoms with E-state index in [0.717, 1.165) is 5.75 Å². The highest BCUT2D eigenvalue weighted by Crippen LogP contribution is 2.09. The molecule has 0 aliphatic carbocycles. The first kappa shape index (κ1) is 14.8. The average molecular weight is 280 g/mol. The molecule has 0 spiro atoms. The molecule has 2 rings (SSSR count). The summed E-state index contributed by atoms with van der Waals surface area (Å²) in [5.74, 6) is 0.635. The van der Waals surface area contributed by atoms with Gasteiger partial charge in [-0.3, -0.25) is 9.69 Å². The van der Waals surface area contributed by atoms with Crippen molar-refractivity contribution in [2.75, 3.05) is 32.8 Å². The van der Waals surface area contributed by atoms with Gasteiger partial charge in [0, 0.05) is 13.1 Å². The Hall–Kier alpha value is -1.63. The van der Waals surface area contributed by atoms with E-state index in [4.69, 9.17) is 4.74 Å². The van der Waals surface area contributed by atoms with Crippen LogP contribution in [0, 0.1) is 0 Å². The van der Waals surface area contributed by atoms with Crippen LogP contribution in [0.4, 0.5) is 0 Å². The molecule has 0 saturated carbocycles. The van der Waals surface area contributed by atoms with Crippen molar-refractivity contribution < 1.29 is 19.7 Å². The number of aliphatic hydroxyl groups is 2. The number of hydrogen-bond acceptors (Lipinski definition) is 5. The van der Waals surface area contributed by atoms with E-state index in [0.29, 0.717) is 26.2 Å². The lowest BCUT2D eigenvalue weighted by atomic mass is 10.3. The molecule has 6 nitrogen and oxygen atoms in total. The molecule has 0 bridgehead atoms. The Morgan fingerprint density at radius 1 is 1.25 bits per heavy atom. The largest absolute Gasteiger partial charge is 0.492 e. The molecule has 1 aliphatic heterocycles. The number of carbonyl (C=O) groups excluding carboxylic acids is 1. The maximum absolute atomic E-state index is 11.7. The van der Waals surface area contributed by atoms with Crippen LogP contribution in [0.3, 0.4) is 0 Å². The molecule has 1 aromatic rings. The molecule has 3 N–H and O–H groups in total. The zero-order valence-corrected chi connectivity index (χ0v) is 11.2. The van der Waals surface area contributed by atoms with Gasteiger partial charge in [-0.1, -0.05) is 18.2 Å². The summed E-state index contributed by atoms with van der Waals surface area (Å²) in [5.41, 5.74) is 0. The third kappa shape index (κ3) is 4.48. The van der Waals surface area contributed by atoms with Crippen molar-refractivity contribution in [1.29, 1.82) is 0 Å². The van der Waals surface area contributed by atoms with Gasteiger partial charge in [0.1, 0.15) is 12.4 Å². The fourth-order valence-electron chi connectivity index (χ4n) is 2.11. The van der Waals surface area contributed by atoms with Gasteiger partial charge in [0.2, 0.25) is 5.91 Å². The third-order valence-electron chi connectivity index (χ3n) is 3.14. The molecule has 2 unspecified atom stereocenters. The Kier molecular flexibility index (Phi) is 5.34. The summed E-state index contributed by atoms with van der Waals surface area (Å²) in [6.07, 6.45) is -1.52. The predicted octanol–water partition coefficient (Wildman–Crippen LogP) is -0.781. The highest BCUT2D eigenvalue weighted by molar-refractivity contribution is 5.78. The van der Waals surface area contributed by atoms with E-state index in [-0.39, 0.29) is 12.5 Å². The molecular weight excluding hydrogens is 260 g/mol. The fraction of sp³-hybridized carbons (Fsp3) is 0.500. The Bertz CT molecular complexity index is 416. The van der Waals surface area contributed by atoms with E-state index in [9.17, 15) is 15.0 Å². The zero-order chi connectivity index (χ0) is 14.4. The first-order chi connectivity index (χ1) is 9.65. The van der Waals surface area contributed by atoms with Gasteiger partial charge in [0.25, 0.3) is 0 Å². The van der Waals surface area contributed by atoms with Gasteiger partial charge < -0.3 is 20.3 Å². The molecule has 6 heteroatoms. The molecule has 1 aromatic carbocycles. The fourth-order valence-corrected chi connectivity index (χ4v) is 2.11. The molecule has 0 aromatic heterocycles. The van der Waals surface area contributed by atoms with Crippen LogP contribution in [0.25, 0.3) is 0 Å². The number of hydrogen-bond donors (Lipinski definition) is 3. The SMILES string of the molecule is O=C(CN1CC(O)C(O)C1)NCCOc1ccccc1. The minimum absolute atomic E-state index is 0.136. The standard InChI is InChI=1S/C14H20N2O4/c17-12-8-16(9-13(12)18)10-14(19)15-6-7-20-11-4-2-1-3-5-11/h1-5,12-13,17-18H,6-10H2,(H,15,19). The van der Waals surface area contributed by atoms with Gasteiger partial charge in [-0.15, -0.1) is 0 Å². The minimum atomic E-state index is -0.760. The van der Waals surface area contributed by atoms with Crippen LogP contribution in [-0.2, 0) is 4.79 Å². The van der Waals surface area contributed by atoms with E-state index in [1.165, 1.54) is 0 Å². The Labute approximate surface area is 118 Å². The van der Waals surface area contributed by atoms with Gasteiger partial charge in [0.05, 0.1) is 25.3 Å². The number of benzene rings is 1. The van der Waals surface area contributed by atoms with Crippen LogP contribution >= 0.6 is 0 Å². The lowest BCUT2D eigenvalue weighted by molar-refractivity contribution is -0.122. The number of rotatable bonds is 6. The van der Waals surface area contributed by atoms with Gasteiger partial charge in [-0.05, 0) is 12.1 Å². The number of ether oxygens (including phenoxy) is 1. The second-order valence-corrected chi connectivity index (χ2v) is 4.84. The van der Waals surface area contributed by atoms with Crippen molar-refractivity contribution >= 4 is 5.91 Å².